The van der Waals surface area contributed by atoms with Gasteiger partial charge >= 0.3 is 5.97 Å². The van der Waals surface area contributed by atoms with Gasteiger partial charge in [0.05, 0.1) is 13.2 Å². The highest BCUT2D eigenvalue weighted by atomic mass is 32.1. The summed E-state index contributed by atoms with van der Waals surface area (Å²) in [6.45, 7) is 6.60. The number of thiophene rings is 1. The monoisotopic (exact) mass is 226 g/mol. The third-order valence-electron chi connectivity index (χ3n) is 1.96. The van der Waals surface area contributed by atoms with Crippen LogP contribution in [0.15, 0.2) is 18.7 Å². The van der Waals surface area contributed by atoms with Crippen molar-refractivity contribution in [3.63, 3.8) is 0 Å². The molecular formula is C11H14O3S. The van der Waals surface area contributed by atoms with E-state index < -0.39 is 5.97 Å². The van der Waals surface area contributed by atoms with Gasteiger partial charge in [0.2, 0.25) is 0 Å². The molecule has 1 aromatic heterocycles. The highest BCUT2D eigenvalue weighted by Crippen LogP contribution is 2.22. The molecule has 0 aromatic carbocycles. The third-order valence-corrected chi connectivity index (χ3v) is 3.04. The molecule has 0 saturated carbocycles. The fourth-order valence-electron chi connectivity index (χ4n) is 1.12. The van der Waals surface area contributed by atoms with Gasteiger partial charge in [0.1, 0.15) is 4.88 Å². The average Bonchev–Trinajstić information content (AvgIpc) is 2.55. The van der Waals surface area contributed by atoms with E-state index in [9.17, 15) is 4.79 Å². The summed E-state index contributed by atoms with van der Waals surface area (Å²) in [7, 11) is 0. The summed E-state index contributed by atoms with van der Waals surface area (Å²) in [5, 5.41) is 8.79. The summed E-state index contributed by atoms with van der Waals surface area (Å²) in [4.78, 5) is 12.1. The van der Waals surface area contributed by atoms with E-state index in [0.717, 1.165) is 16.9 Å². The van der Waals surface area contributed by atoms with Gasteiger partial charge in [-0.25, -0.2) is 4.79 Å². The van der Waals surface area contributed by atoms with Crippen LogP contribution < -0.4 is 0 Å². The molecule has 0 aliphatic rings. The Morgan fingerprint density at radius 2 is 2.47 bits per heavy atom. The highest BCUT2D eigenvalue weighted by Gasteiger charge is 2.10. The van der Waals surface area contributed by atoms with E-state index in [0.29, 0.717) is 18.1 Å². The van der Waals surface area contributed by atoms with E-state index >= 15 is 0 Å². The van der Waals surface area contributed by atoms with E-state index in [4.69, 9.17) is 9.84 Å². The van der Waals surface area contributed by atoms with E-state index in [1.807, 2.05) is 6.92 Å². The minimum Gasteiger partial charge on any atom is -0.477 e. The summed E-state index contributed by atoms with van der Waals surface area (Å²) in [5.74, 6) is -0.875. The van der Waals surface area contributed by atoms with Crippen LogP contribution in [0.1, 0.15) is 26.5 Å². The van der Waals surface area contributed by atoms with Gasteiger partial charge < -0.3 is 9.84 Å². The number of carboxylic acid groups (broad SMARTS) is 1. The van der Waals surface area contributed by atoms with Crippen molar-refractivity contribution >= 4 is 17.3 Å². The smallest absolute Gasteiger partial charge is 0.345 e. The third kappa shape index (κ3) is 3.49. The molecule has 0 saturated heterocycles. The van der Waals surface area contributed by atoms with Crippen LogP contribution in [0.3, 0.4) is 0 Å². The van der Waals surface area contributed by atoms with Gasteiger partial charge in [-0.15, -0.1) is 17.9 Å². The predicted molar refractivity (Wildman–Crippen MR) is 60.5 cm³/mol. The topological polar surface area (TPSA) is 46.5 Å². The van der Waals surface area contributed by atoms with Crippen molar-refractivity contribution in [1.82, 2.24) is 0 Å². The van der Waals surface area contributed by atoms with Crippen LogP contribution in [0, 0.1) is 6.92 Å². The molecule has 82 valence electrons. The maximum Gasteiger partial charge on any atom is 0.345 e. The standard InChI is InChI=1S/C11H14O3S/c1-3-4-5-14-7-9-6-10(11(12)13)15-8(9)2/h3,6H,1,4-5,7H2,2H3,(H,12,13). The van der Waals surface area contributed by atoms with E-state index in [-0.39, 0.29) is 0 Å². The van der Waals surface area contributed by atoms with Crippen LogP contribution in [0.25, 0.3) is 0 Å². The number of hydrogen-bond donors (Lipinski definition) is 1. The quantitative estimate of drug-likeness (QED) is 0.599. The summed E-state index contributed by atoms with van der Waals surface area (Å²) in [6, 6.07) is 1.68. The van der Waals surface area contributed by atoms with E-state index in [1.165, 1.54) is 11.3 Å². The average molecular weight is 226 g/mol. The van der Waals surface area contributed by atoms with Crippen molar-refractivity contribution in [2.45, 2.75) is 20.0 Å². The molecule has 1 N–H and O–H groups in total. The molecule has 0 unspecified atom stereocenters. The Balaban J connectivity index is 2.53. The highest BCUT2D eigenvalue weighted by molar-refractivity contribution is 7.14. The Morgan fingerprint density at radius 1 is 1.73 bits per heavy atom. The first-order valence-electron chi connectivity index (χ1n) is 4.66. The number of rotatable bonds is 6. The molecule has 1 aromatic rings. The van der Waals surface area contributed by atoms with Crippen molar-refractivity contribution in [2.24, 2.45) is 0 Å². The van der Waals surface area contributed by atoms with Crippen molar-refractivity contribution in [3.05, 3.63) is 34.0 Å². The fourth-order valence-corrected chi connectivity index (χ4v) is 1.98. The molecule has 0 fully saturated rings. The van der Waals surface area contributed by atoms with Crippen LogP contribution in [-0.2, 0) is 11.3 Å². The summed E-state index contributed by atoms with van der Waals surface area (Å²) in [6.07, 6.45) is 2.61. The molecule has 4 heteroatoms. The van der Waals surface area contributed by atoms with Crippen LogP contribution in [0.5, 0.6) is 0 Å². The second-order valence-electron chi connectivity index (χ2n) is 3.13. The number of carboxylic acids is 1. The molecule has 0 spiro atoms. The van der Waals surface area contributed by atoms with Gasteiger partial charge in [0.15, 0.2) is 0 Å². The zero-order valence-corrected chi connectivity index (χ0v) is 9.47. The Hall–Kier alpha value is -1.13. The van der Waals surface area contributed by atoms with Gasteiger partial charge in [-0.2, -0.15) is 0 Å². The molecule has 0 aliphatic heterocycles. The molecular weight excluding hydrogens is 212 g/mol. The van der Waals surface area contributed by atoms with Gasteiger partial charge in [0, 0.05) is 4.88 Å². The molecule has 0 atom stereocenters. The zero-order chi connectivity index (χ0) is 11.3. The maximum absolute atomic E-state index is 10.7. The van der Waals surface area contributed by atoms with Gasteiger partial charge in [-0.05, 0) is 25.0 Å². The van der Waals surface area contributed by atoms with Gasteiger partial charge in [-0.1, -0.05) is 6.08 Å². The zero-order valence-electron chi connectivity index (χ0n) is 8.66. The first-order valence-corrected chi connectivity index (χ1v) is 5.48. The summed E-state index contributed by atoms with van der Waals surface area (Å²) >= 11 is 1.29. The van der Waals surface area contributed by atoms with E-state index in [2.05, 4.69) is 6.58 Å². The predicted octanol–water partition coefficient (Wildman–Crippen LogP) is 2.85. The molecule has 0 radical (unpaired) electrons. The van der Waals surface area contributed by atoms with Crippen LogP contribution >= 0.6 is 11.3 Å². The number of aryl methyl sites for hydroxylation is 1. The Kier molecular flexibility index (Phi) is 4.52. The molecule has 15 heavy (non-hydrogen) atoms. The first kappa shape index (κ1) is 11.9. The lowest BCUT2D eigenvalue weighted by molar-refractivity contribution is 0.0702. The van der Waals surface area contributed by atoms with Crippen molar-refractivity contribution in [1.29, 1.82) is 0 Å². The second-order valence-corrected chi connectivity index (χ2v) is 4.38. The van der Waals surface area contributed by atoms with Crippen molar-refractivity contribution < 1.29 is 14.6 Å². The van der Waals surface area contributed by atoms with Gasteiger partial charge in [-0.3, -0.25) is 0 Å². The second kappa shape index (κ2) is 5.68. The minimum atomic E-state index is -0.875. The summed E-state index contributed by atoms with van der Waals surface area (Å²) < 4.78 is 5.38. The number of carbonyl (C=O) groups is 1. The van der Waals surface area contributed by atoms with Crippen molar-refractivity contribution in [2.75, 3.05) is 6.61 Å². The molecule has 0 amide bonds. The number of hydrogen-bond acceptors (Lipinski definition) is 3. The Bertz CT molecular complexity index is 355. The largest absolute Gasteiger partial charge is 0.477 e. The number of ether oxygens (including phenoxy) is 1. The van der Waals surface area contributed by atoms with Gasteiger partial charge in [0.25, 0.3) is 0 Å². The lowest BCUT2D eigenvalue weighted by Gasteiger charge is -2.00. The molecule has 1 heterocycles. The minimum absolute atomic E-state index is 0.370. The van der Waals surface area contributed by atoms with Crippen molar-refractivity contribution in [3.8, 4) is 0 Å². The Morgan fingerprint density at radius 3 is 3.00 bits per heavy atom. The van der Waals surface area contributed by atoms with E-state index in [1.54, 1.807) is 12.1 Å². The van der Waals surface area contributed by atoms with Crippen LogP contribution in [-0.4, -0.2) is 17.7 Å². The molecule has 3 nitrogen and oxygen atoms in total. The molecule has 0 bridgehead atoms. The molecule has 1 rings (SSSR count). The summed E-state index contributed by atoms with van der Waals surface area (Å²) in [5.41, 5.74) is 0.960. The van der Waals surface area contributed by atoms with Crippen LogP contribution in [0.4, 0.5) is 0 Å². The SMILES string of the molecule is C=CCCOCc1cc(C(=O)O)sc1C. The lowest BCUT2D eigenvalue weighted by Crippen LogP contribution is -1.95. The Labute approximate surface area is 93.0 Å². The fraction of sp³-hybridized carbons (Fsp3) is 0.364. The maximum atomic E-state index is 10.7. The molecule has 0 aliphatic carbocycles. The number of aromatic carboxylic acids is 1. The lowest BCUT2D eigenvalue weighted by atomic mass is 10.2. The van der Waals surface area contributed by atoms with Crippen LogP contribution in [0.2, 0.25) is 0 Å². The first-order chi connectivity index (χ1) is 7.15. The normalized spacial score (nSPS) is 10.2.